The molecule has 0 fully saturated rings. The summed E-state index contributed by atoms with van der Waals surface area (Å²) in [4.78, 5) is 24.3. The summed E-state index contributed by atoms with van der Waals surface area (Å²) in [5, 5.41) is 0. The molecule has 23 heavy (non-hydrogen) atoms. The van der Waals surface area contributed by atoms with Crippen LogP contribution in [0.15, 0.2) is 36.4 Å². The molecule has 0 bridgehead atoms. The summed E-state index contributed by atoms with van der Waals surface area (Å²) in [7, 11) is 1.57. The minimum Gasteiger partial charge on any atom is -0.497 e. The molecule has 0 saturated heterocycles. The van der Waals surface area contributed by atoms with Gasteiger partial charge in [-0.1, -0.05) is 0 Å². The number of Topliss-reactive ketones (excluding diaryl/α,β-unsaturated/α-hetero) is 1. The van der Waals surface area contributed by atoms with Gasteiger partial charge in [-0.25, -0.2) is 0 Å². The van der Waals surface area contributed by atoms with Crippen molar-refractivity contribution in [2.45, 2.75) is 13.3 Å². The molecule has 0 amide bonds. The lowest BCUT2D eigenvalue weighted by molar-refractivity contribution is -0.116. The van der Waals surface area contributed by atoms with Gasteiger partial charge in [0.05, 0.1) is 7.11 Å². The summed E-state index contributed by atoms with van der Waals surface area (Å²) < 4.78 is 15.8. The molecular formula is C18H16O5. The third kappa shape index (κ3) is 3.04. The number of hydrogen-bond donors (Lipinski definition) is 0. The van der Waals surface area contributed by atoms with Crippen LogP contribution in [0, 0.1) is 0 Å². The van der Waals surface area contributed by atoms with Crippen molar-refractivity contribution in [3.63, 3.8) is 0 Å². The molecule has 3 rings (SSSR count). The lowest BCUT2D eigenvalue weighted by Gasteiger charge is -2.10. The van der Waals surface area contributed by atoms with Crippen LogP contribution in [-0.4, -0.2) is 25.5 Å². The van der Waals surface area contributed by atoms with Crippen molar-refractivity contribution in [3.8, 4) is 17.2 Å². The van der Waals surface area contributed by atoms with E-state index < -0.39 is 0 Å². The first-order valence-corrected chi connectivity index (χ1v) is 7.19. The van der Waals surface area contributed by atoms with Crippen LogP contribution in [0.25, 0.3) is 0 Å². The smallest absolute Gasteiger partial charge is 0.231 e. The number of fused-ring (bicyclic) bond motifs is 1. The number of ketones is 2. The molecule has 118 valence electrons. The van der Waals surface area contributed by atoms with Crippen molar-refractivity contribution in [2.24, 2.45) is 0 Å². The fourth-order valence-corrected chi connectivity index (χ4v) is 2.51. The first-order valence-electron chi connectivity index (χ1n) is 7.19. The molecule has 2 aromatic rings. The summed E-state index contributed by atoms with van der Waals surface area (Å²) >= 11 is 0. The van der Waals surface area contributed by atoms with Crippen LogP contribution in [0.4, 0.5) is 0 Å². The standard InChI is InChI=1S/C18H16O5/c1-11(19)7-13-8-16-17(23-10-22-16)9-15(13)18(20)12-3-5-14(21-2)6-4-12/h3-6,8-9H,7,10H2,1-2H3. The van der Waals surface area contributed by atoms with Crippen molar-refractivity contribution in [3.05, 3.63) is 53.1 Å². The molecule has 0 aromatic heterocycles. The summed E-state index contributed by atoms with van der Waals surface area (Å²) in [6.45, 7) is 1.61. The highest BCUT2D eigenvalue weighted by molar-refractivity contribution is 6.10. The molecule has 5 heteroatoms. The highest BCUT2D eigenvalue weighted by atomic mass is 16.7. The zero-order valence-corrected chi connectivity index (χ0v) is 12.9. The minimum atomic E-state index is -0.165. The SMILES string of the molecule is COc1ccc(C(=O)c2cc3c(cc2CC(C)=O)OCO3)cc1. The van der Waals surface area contributed by atoms with Gasteiger partial charge in [0.15, 0.2) is 17.3 Å². The van der Waals surface area contributed by atoms with Gasteiger partial charge in [-0.3, -0.25) is 9.59 Å². The number of carbonyl (C=O) groups excluding carboxylic acids is 2. The van der Waals surface area contributed by atoms with Gasteiger partial charge < -0.3 is 14.2 Å². The third-order valence-corrected chi connectivity index (χ3v) is 3.63. The minimum absolute atomic E-state index is 0.0207. The number of benzene rings is 2. The van der Waals surface area contributed by atoms with E-state index in [1.54, 1.807) is 43.5 Å². The zero-order valence-electron chi connectivity index (χ0n) is 12.9. The van der Waals surface area contributed by atoms with E-state index in [1.807, 2.05) is 0 Å². The lowest BCUT2D eigenvalue weighted by Crippen LogP contribution is -2.08. The molecule has 0 unspecified atom stereocenters. The Balaban J connectivity index is 2.02. The average Bonchev–Trinajstić information content (AvgIpc) is 3.00. The summed E-state index contributed by atoms with van der Waals surface area (Å²) in [5.41, 5.74) is 1.62. The maximum absolute atomic E-state index is 12.8. The van der Waals surface area contributed by atoms with Crippen LogP contribution in [0.3, 0.4) is 0 Å². The van der Waals surface area contributed by atoms with Crippen LogP contribution < -0.4 is 14.2 Å². The van der Waals surface area contributed by atoms with Gasteiger partial charge in [-0.05, 0) is 48.9 Å². The Kier molecular flexibility index (Phi) is 4.02. The van der Waals surface area contributed by atoms with Crippen LogP contribution in [-0.2, 0) is 11.2 Å². The van der Waals surface area contributed by atoms with Crippen molar-refractivity contribution < 1.29 is 23.8 Å². The monoisotopic (exact) mass is 312 g/mol. The molecule has 0 N–H and O–H groups in total. The highest BCUT2D eigenvalue weighted by Crippen LogP contribution is 2.36. The number of rotatable bonds is 5. The number of ether oxygens (including phenoxy) is 3. The van der Waals surface area contributed by atoms with E-state index in [9.17, 15) is 9.59 Å². The fraction of sp³-hybridized carbons (Fsp3) is 0.222. The van der Waals surface area contributed by atoms with Gasteiger partial charge in [0, 0.05) is 17.5 Å². The molecule has 0 spiro atoms. The number of methoxy groups -OCH3 is 1. The summed E-state index contributed by atoms with van der Waals surface area (Å²) in [5.74, 6) is 1.58. The van der Waals surface area contributed by atoms with Gasteiger partial charge >= 0.3 is 0 Å². The van der Waals surface area contributed by atoms with E-state index in [0.29, 0.717) is 33.9 Å². The second-order valence-electron chi connectivity index (χ2n) is 5.30. The first-order chi connectivity index (χ1) is 11.1. The number of carbonyl (C=O) groups is 2. The molecule has 1 aliphatic heterocycles. The van der Waals surface area contributed by atoms with Gasteiger partial charge in [0.2, 0.25) is 6.79 Å². The van der Waals surface area contributed by atoms with Crippen molar-refractivity contribution >= 4 is 11.6 Å². The van der Waals surface area contributed by atoms with E-state index in [1.165, 1.54) is 6.92 Å². The second-order valence-corrected chi connectivity index (χ2v) is 5.30. The normalized spacial score (nSPS) is 12.1. The maximum atomic E-state index is 12.8. The zero-order chi connectivity index (χ0) is 16.4. The molecule has 0 saturated carbocycles. The quantitative estimate of drug-likeness (QED) is 0.794. The Morgan fingerprint density at radius 1 is 1.09 bits per heavy atom. The lowest BCUT2D eigenvalue weighted by atomic mass is 9.95. The van der Waals surface area contributed by atoms with Crippen LogP contribution in [0.1, 0.15) is 28.4 Å². The Hall–Kier alpha value is -2.82. The Bertz CT molecular complexity index is 762. The largest absolute Gasteiger partial charge is 0.497 e. The number of hydrogen-bond acceptors (Lipinski definition) is 5. The van der Waals surface area contributed by atoms with Gasteiger partial charge in [0.25, 0.3) is 0 Å². The average molecular weight is 312 g/mol. The van der Waals surface area contributed by atoms with E-state index in [-0.39, 0.29) is 24.8 Å². The van der Waals surface area contributed by atoms with Crippen molar-refractivity contribution in [1.82, 2.24) is 0 Å². The molecular weight excluding hydrogens is 296 g/mol. The molecule has 5 nitrogen and oxygen atoms in total. The van der Waals surface area contributed by atoms with Crippen molar-refractivity contribution in [2.75, 3.05) is 13.9 Å². The van der Waals surface area contributed by atoms with E-state index in [2.05, 4.69) is 0 Å². The van der Waals surface area contributed by atoms with E-state index >= 15 is 0 Å². The fourth-order valence-electron chi connectivity index (χ4n) is 2.51. The highest BCUT2D eigenvalue weighted by Gasteiger charge is 2.22. The molecule has 0 radical (unpaired) electrons. The van der Waals surface area contributed by atoms with E-state index in [4.69, 9.17) is 14.2 Å². The Morgan fingerprint density at radius 2 is 1.74 bits per heavy atom. The van der Waals surface area contributed by atoms with Gasteiger partial charge in [-0.15, -0.1) is 0 Å². The van der Waals surface area contributed by atoms with Crippen LogP contribution in [0.2, 0.25) is 0 Å². The third-order valence-electron chi connectivity index (χ3n) is 3.63. The van der Waals surface area contributed by atoms with Crippen LogP contribution >= 0.6 is 0 Å². The van der Waals surface area contributed by atoms with Gasteiger partial charge in [-0.2, -0.15) is 0 Å². The van der Waals surface area contributed by atoms with Crippen molar-refractivity contribution in [1.29, 1.82) is 0 Å². The topological polar surface area (TPSA) is 61.8 Å². The molecule has 0 aliphatic carbocycles. The Morgan fingerprint density at radius 3 is 2.35 bits per heavy atom. The van der Waals surface area contributed by atoms with Crippen LogP contribution in [0.5, 0.6) is 17.2 Å². The maximum Gasteiger partial charge on any atom is 0.231 e. The van der Waals surface area contributed by atoms with Gasteiger partial charge in [0.1, 0.15) is 11.5 Å². The molecule has 0 atom stereocenters. The Labute approximate surface area is 133 Å². The first kappa shape index (κ1) is 15.1. The van der Waals surface area contributed by atoms with E-state index in [0.717, 1.165) is 0 Å². The second kappa shape index (κ2) is 6.12. The summed E-state index contributed by atoms with van der Waals surface area (Å²) in [6.07, 6.45) is 0.174. The molecule has 1 aliphatic rings. The summed E-state index contributed by atoms with van der Waals surface area (Å²) in [6, 6.07) is 10.2. The predicted molar refractivity (Wildman–Crippen MR) is 83.4 cm³/mol. The predicted octanol–water partition coefficient (Wildman–Crippen LogP) is 2.79. The molecule has 1 heterocycles. The molecule has 2 aromatic carbocycles.